The first-order chi connectivity index (χ1) is 11.0. The van der Waals surface area contributed by atoms with Crippen LogP contribution >= 0.6 is 11.5 Å². The number of aliphatic carboxylic acids is 1. The molecule has 2 aromatic heterocycles. The lowest BCUT2D eigenvalue weighted by molar-refractivity contribution is -0.574. The number of hydrogen-bond acceptors (Lipinski definition) is 6. The van der Waals surface area contributed by atoms with Crippen molar-refractivity contribution in [3.05, 3.63) is 33.9 Å². The van der Waals surface area contributed by atoms with E-state index in [1.807, 2.05) is 0 Å². The Morgan fingerprint density at radius 1 is 1.30 bits per heavy atom. The molecule has 9 nitrogen and oxygen atoms in total. The summed E-state index contributed by atoms with van der Waals surface area (Å²) in [5, 5.41) is 20.7. The molecule has 2 aromatic rings. The Balaban J connectivity index is 1.80. The van der Waals surface area contributed by atoms with E-state index in [1.165, 1.54) is 23.2 Å². The third kappa shape index (κ3) is 2.90. The Morgan fingerprint density at radius 2 is 2.00 bits per heavy atom. The summed E-state index contributed by atoms with van der Waals surface area (Å²) in [6.07, 6.45) is 1.28. The van der Waals surface area contributed by atoms with Gasteiger partial charge in [0.1, 0.15) is 5.39 Å². The number of carbonyl (C=O) groups is 2. The van der Waals surface area contributed by atoms with Crippen molar-refractivity contribution >= 4 is 33.7 Å². The molecule has 0 atom stereocenters. The van der Waals surface area contributed by atoms with Crippen LogP contribution in [0, 0.1) is 5.21 Å². The molecule has 0 unspecified atom stereocenters. The number of pyridine rings is 1. The first-order valence-corrected chi connectivity index (χ1v) is 7.72. The van der Waals surface area contributed by atoms with Crippen LogP contribution in [-0.4, -0.2) is 63.6 Å². The molecule has 23 heavy (non-hydrogen) atoms. The van der Waals surface area contributed by atoms with E-state index in [4.69, 9.17) is 5.11 Å². The lowest BCUT2D eigenvalue weighted by Gasteiger charge is -2.33. The second-order valence-corrected chi connectivity index (χ2v) is 6.12. The molecule has 0 saturated carbocycles. The first kappa shape index (κ1) is 15.4. The topological polar surface area (TPSA) is 110 Å². The van der Waals surface area contributed by atoms with Crippen molar-refractivity contribution in [1.82, 2.24) is 13.8 Å². The van der Waals surface area contributed by atoms with Crippen molar-refractivity contribution in [3.8, 4) is 0 Å². The zero-order valence-electron chi connectivity index (χ0n) is 12.0. The van der Waals surface area contributed by atoms with Crippen molar-refractivity contribution in [2.75, 3.05) is 32.7 Å². The van der Waals surface area contributed by atoms with Crippen molar-refractivity contribution in [1.29, 1.82) is 0 Å². The van der Waals surface area contributed by atoms with E-state index in [0.717, 1.165) is 15.5 Å². The van der Waals surface area contributed by atoms with Gasteiger partial charge in [-0.3, -0.25) is 14.5 Å². The molecule has 1 fully saturated rings. The van der Waals surface area contributed by atoms with Crippen LogP contribution < -0.4 is 10.3 Å². The highest BCUT2D eigenvalue weighted by Crippen LogP contribution is 2.13. The average molecular weight is 338 g/mol. The van der Waals surface area contributed by atoms with Crippen molar-refractivity contribution in [2.24, 2.45) is 0 Å². The average Bonchev–Trinajstić information content (AvgIpc) is 2.86. The summed E-state index contributed by atoms with van der Waals surface area (Å²) in [4.78, 5) is 38.8. The van der Waals surface area contributed by atoms with Crippen LogP contribution in [0.3, 0.4) is 0 Å². The number of piperazine rings is 1. The standard InChI is InChI=1S/C13H14N4O5S/c18-10(19)8-14-4-6-15(7-5-14)13(21)17-11(20)9-2-1-3-16(22)12(9)23-17/h1-3H,4-8H2,(H,18,19). The highest BCUT2D eigenvalue weighted by Gasteiger charge is 2.26. The summed E-state index contributed by atoms with van der Waals surface area (Å²) in [5.74, 6) is -0.912. The highest BCUT2D eigenvalue weighted by molar-refractivity contribution is 7.13. The monoisotopic (exact) mass is 338 g/mol. The Labute approximate surface area is 134 Å². The number of carboxylic acids is 1. The molecule has 122 valence electrons. The quantitative estimate of drug-likeness (QED) is 0.576. The third-order valence-corrected chi connectivity index (χ3v) is 4.76. The van der Waals surface area contributed by atoms with Gasteiger partial charge < -0.3 is 15.2 Å². The molecule has 1 aliphatic rings. The number of amides is 1. The minimum absolute atomic E-state index is 0.0684. The molecule has 0 radical (unpaired) electrons. The van der Waals surface area contributed by atoms with Crippen LogP contribution in [0.1, 0.15) is 0 Å². The Hall–Kier alpha value is -2.46. The second-order valence-electron chi connectivity index (χ2n) is 5.18. The number of aromatic nitrogens is 2. The fourth-order valence-electron chi connectivity index (χ4n) is 2.51. The molecular formula is C13H14N4O5S. The number of carbonyl (C=O) groups excluding carboxylic acids is 1. The van der Waals surface area contributed by atoms with E-state index in [1.54, 1.807) is 4.90 Å². The fraction of sp³-hybridized carbons (Fsp3) is 0.385. The molecule has 3 rings (SSSR count). The molecule has 1 amide bonds. The SMILES string of the molecule is O=C(O)CN1CCN(C(=O)n2sc3c(ccc[n+]3[O-])c2=O)CC1. The number of fused-ring (bicyclic) bond motifs is 1. The molecule has 10 heteroatoms. The summed E-state index contributed by atoms with van der Waals surface area (Å²) in [6, 6.07) is 2.49. The Bertz CT molecular complexity index is 821. The minimum Gasteiger partial charge on any atom is -0.618 e. The van der Waals surface area contributed by atoms with Crippen LogP contribution in [0.5, 0.6) is 0 Å². The van der Waals surface area contributed by atoms with Gasteiger partial charge in [0.05, 0.1) is 6.54 Å². The van der Waals surface area contributed by atoms with Crippen LogP contribution in [0.2, 0.25) is 0 Å². The van der Waals surface area contributed by atoms with Gasteiger partial charge in [-0.15, -0.1) is 0 Å². The van der Waals surface area contributed by atoms with E-state index in [0.29, 0.717) is 30.9 Å². The fourth-order valence-corrected chi connectivity index (χ4v) is 3.45. The molecule has 1 saturated heterocycles. The summed E-state index contributed by atoms with van der Waals surface area (Å²) in [5.41, 5.74) is -0.506. The molecular weight excluding hydrogens is 324 g/mol. The lowest BCUT2D eigenvalue weighted by Crippen LogP contribution is -2.51. The van der Waals surface area contributed by atoms with Gasteiger partial charge in [-0.25, -0.2) is 4.79 Å². The van der Waals surface area contributed by atoms with Crippen molar-refractivity contribution < 1.29 is 19.4 Å². The van der Waals surface area contributed by atoms with Gasteiger partial charge in [-0.05, 0) is 6.07 Å². The largest absolute Gasteiger partial charge is 0.618 e. The molecule has 1 N–H and O–H groups in total. The number of nitrogens with zero attached hydrogens (tertiary/aromatic N) is 4. The van der Waals surface area contributed by atoms with Crippen LogP contribution in [-0.2, 0) is 4.79 Å². The minimum atomic E-state index is -0.912. The number of rotatable bonds is 2. The Kier molecular flexibility index (Phi) is 4.01. The first-order valence-electron chi connectivity index (χ1n) is 6.95. The second kappa shape index (κ2) is 5.97. The number of carboxylic acid groups (broad SMARTS) is 1. The Morgan fingerprint density at radius 3 is 2.61 bits per heavy atom. The maximum Gasteiger partial charge on any atom is 0.341 e. The van der Waals surface area contributed by atoms with Gasteiger partial charge in [0.2, 0.25) is 0 Å². The van der Waals surface area contributed by atoms with E-state index < -0.39 is 17.6 Å². The van der Waals surface area contributed by atoms with Crippen molar-refractivity contribution in [2.45, 2.75) is 0 Å². The molecule has 0 bridgehead atoms. The highest BCUT2D eigenvalue weighted by atomic mass is 32.1. The van der Waals surface area contributed by atoms with Crippen LogP contribution in [0.25, 0.3) is 10.2 Å². The summed E-state index contributed by atoms with van der Waals surface area (Å²) >= 11 is 0.819. The zero-order chi connectivity index (χ0) is 16.6. The van der Waals surface area contributed by atoms with Crippen molar-refractivity contribution in [3.63, 3.8) is 0 Å². The number of hydrogen-bond donors (Lipinski definition) is 1. The summed E-state index contributed by atoms with van der Waals surface area (Å²) < 4.78 is 1.54. The predicted octanol–water partition coefficient (Wildman–Crippen LogP) is -0.633. The third-order valence-electron chi connectivity index (χ3n) is 3.68. The molecule has 3 heterocycles. The van der Waals surface area contributed by atoms with Crippen LogP contribution in [0.15, 0.2) is 23.1 Å². The van der Waals surface area contributed by atoms with Crippen LogP contribution in [0.4, 0.5) is 4.79 Å². The van der Waals surface area contributed by atoms with Gasteiger partial charge in [0.25, 0.3) is 5.56 Å². The van der Waals surface area contributed by atoms with E-state index in [2.05, 4.69) is 0 Å². The lowest BCUT2D eigenvalue weighted by atomic mass is 10.3. The van der Waals surface area contributed by atoms with E-state index in [9.17, 15) is 19.6 Å². The maximum atomic E-state index is 12.5. The smallest absolute Gasteiger partial charge is 0.341 e. The maximum absolute atomic E-state index is 12.5. The zero-order valence-corrected chi connectivity index (χ0v) is 12.9. The van der Waals surface area contributed by atoms with Gasteiger partial charge in [-0.2, -0.15) is 8.69 Å². The molecule has 1 aliphatic heterocycles. The molecule has 0 spiro atoms. The molecule has 0 aromatic carbocycles. The van der Waals surface area contributed by atoms with Gasteiger partial charge in [0.15, 0.2) is 6.20 Å². The predicted molar refractivity (Wildman–Crippen MR) is 81.5 cm³/mol. The van der Waals surface area contributed by atoms with E-state index in [-0.39, 0.29) is 16.8 Å². The summed E-state index contributed by atoms with van der Waals surface area (Å²) in [7, 11) is 0. The normalized spacial score (nSPS) is 15.9. The van der Waals surface area contributed by atoms with E-state index >= 15 is 0 Å². The van der Waals surface area contributed by atoms with Gasteiger partial charge in [0, 0.05) is 43.8 Å². The molecule has 0 aliphatic carbocycles. The summed E-state index contributed by atoms with van der Waals surface area (Å²) in [6.45, 7) is 1.47. The van der Waals surface area contributed by atoms with Gasteiger partial charge in [-0.1, -0.05) is 0 Å². The van der Waals surface area contributed by atoms with Gasteiger partial charge >= 0.3 is 16.8 Å².